The molecule has 0 aliphatic rings. The lowest BCUT2D eigenvalue weighted by Gasteiger charge is -2.14. The van der Waals surface area contributed by atoms with Crippen LogP contribution in [-0.2, 0) is 0 Å². The van der Waals surface area contributed by atoms with Gasteiger partial charge in [0.05, 0.1) is 28.4 Å². The van der Waals surface area contributed by atoms with Crippen molar-refractivity contribution < 1.29 is 0 Å². The van der Waals surface area contributed by atoms with Gasteiger partial charge in [-0.05, 0) is 18.2 Å². The number of hydrogen-bond donors (Lipinski definition) is 4. The second-order valence-corrected chi connectivity index (χ2v) is 5.02. The fourth-order valence-corrected chi connectivity index (χ4v) is 2.44. The fourth-order valence-electron chi connectivity index (χ4n) is 2.44. The first-order valence-corrected chi connectivity index (χ1v) is 6.83. The van der Waals surface area contributed by atoms with Crippen LogP contribution in [0, 0.1) is 0 Å². The topological polar surface area (TPSA) is 117 Å². The first-order chi connectivity index (χ1) is 10.6. The maximum Gasteiger partial charge on any atom is 0.0802 e. The highest BCUT2D eigenvalue weighted by Gasteiger charge is 2.14. The predicted molar refractivity (Wildman–Crippen MR) is 92.8 cm³/mol. The maximum atomic E-state index is 6.12. The summed E-state index contributed by atoms with van der Waals surface area (Å²) in [4.78, 5) is 4.47. The van der Waals surface area contributed by atoms with E-state index in [1.165, 1.54) is 0 Å². The average molecular weight is 291 g/mol. The van der Waals surface area contributed by atoms with Gasteiger partial charge in [0.2, 0.25) is 0 Å². The molecule has 0 bridgehead atoms. The molecule has 3 rings (SSSR count). The van der Waals surface area contributed by atoms with E-state index < -0.39 is 0 Å². The van der Waals surface area contributed by atoms with E-state index in [1.54, 1.807) is 18.3 Å². The van der Waals surface area contributed by atoms with Crippen molar-refractivity contribution in [3.05, 3.63) is 54.7 Å². The quantitative estimate of drug-likeness (QED) is 0.541. The molecule has 0 saturated heterocycles. The molecule has 1 heterocycles. The Morgan fingerprint density at radius 2 is 1.14 bits per heavy atom. The normalized spacial score (nSPS) is 10.5. The first kappa shape index (κ1) is 13.8. The lowest BCUT2D eigenvalue weighted by Crippen LogP contribution is -2.01. The summed E-state index contributed by atoms with van der Waals surface area (Å²) >= 11 is 0. The number of pyridine rings is 1. The van der Waals surface area contributed by atoms with Crippen LogP contribution < -0.4 is 22.9 Å². The first-order valence-electron chi connectivity index (χ1n) is 6.83. The predicted octanol–water partition coefficient (Wildman–Crippen LogP) is 2.74. The number of nitrogen functional groups attached to an aromatic ring is 4. The average Bonchev–Trinajstić information content (AvgIpc) is 2.53. The summed E-state index contributed by atoms with van der Waals surface area (Å²) in [6.07, 6.45) is 1.71. The maximum absolute atomic E-state index is 6.12. The summed E-state index contributed by atoms with van der Waals surface area (Å²) in [6, 6.07) is 14.8. The fraction of sp³-hybridized carbons (Fsp3) is 0. The highest BCUT2D eigenvalue weighted by Crippen LogP contribution is 2.38. The highest BCUT2D eigenvalue weighted by atomic mass is 14.7. The Balaban J connectivity index is 2.28. The molecule has 0 saturated carbocycles. The van der Waals surface area contributed by atoms with Crippen LogP contribution in [0.15, 0.2) is 54.7 Å². The second-order valence-electron chi connectivity index (χ2n) is 5.02. The monoisotopic (exact) mass is 291 g/mol. The molecule has 5 nitrogen and oxygen atoms in total. The van der Waals surface area contributed by atoms with Gasteiger partial charge in [0, 0.05) is 22.9 Å². The van der Waals surface area contributed by atoms with Gasteiger partial charge in [-0.3, -0.25) is 4.98 Å². The van der Waals surface area contributed by atoms with Crippen LogP contribution in [-0.4, -0.2) is 4.98 Å². The zero-order chi connectivity index (χ0) is 15.7. The summed E-state index contributed by atoms with van der Waals surface area (Å²) in [6.45, 7) is 0. The van der Waals surface area contributed by atoms with Crippen molar-refractivity contribution in [3.63, 3.8) is 0 Å². The third kappa shape index (κ3) is 2.18. The SMILES string of the molecule is Nc1cccc(-c2cccnc2-c2cccc(N)c2N)c1N. The molecule has 0 aliphatic heterocycles. The third-order valence-corrected chi connectivity index (χ3v) is 3.63. The van der Waals surface area contributed by atoms with E-state index in [4.69, 9.17) is 22.9 Å². The molecule has 0 amide bonds. The summed E-state index contributed by atoms with van der Waals surface area (Å²) in [5.74, 6) is 0. The minimum absolute atomic E-state index is 0.505. The zero-order valence-corrected chi connectivity index (χ0v) is 12.0. The van der Waals surface area contributed by atoms with Crippen molar-refractivity contribution in [1.29, 1.82) is 0 Å². The van der Waals surface area contributed by atoms with E-state index in [-0.39, 0.29) is 0 Å². The Kier molecular flexibility index (Phi) is 3.31. The number of nitrogens with two attached hydrogens (primary N) is 4. The van der Waals surface area contributed by atoms with Crippen molar-refractivity contribution in [3.8, 4) is 22.4 Å². The smallest absolute Gasteiger partial charge is 0.0802 e. The van der Waals surface area contributed by atoms with Gasteiger partial charge in [0.15, 0.2) is 0 Å². The minimum Gasteiger partial charge on any atom is -0.397 e. The molecule has 0 aliphatic carbocycles. The zero-order valence-electron chi connectivity index (χ0n) is 12.0. The molecular weight excluding hydrogens is 274 g/mol. The van der Waals surface area contributed by atoms with Crippen molar-refractivity contribution in [1.82, 2.24) is 4.98 Å². The van der Waals surface area contributed by atoms with Gasteiger partial charge in [-0.2, -0.15) is 0 Å². The van der Waals surface area contributed by atoms with E-state index in [1.807, 2.05) is 36.4 Å². The standard InChI is InChI=1S/C17H17N5/c18-13-7-1-4-10(15(13)20)11-6-3-9-22-17(11)12-5-2-8-14(19)16(12)21/h1-9H,18-21H2. The van der Waals surface area contributed by atoms with E-state index in [9.17, 15) is 0 Å². The highest BCUT2D eigenvalue weighted by molar-refractivity contribution is 5.94. The summed E-state index contributed by atoms with van der Waals surface area (Å²) < 4.78 is 0. The molecule has 3 aromatic rings. The Morgan fingerprint density at radius 3 is 1.82 bits per heavy atom. The molecular formula is C17H17N5. The molecule has 0 spiro atoms. The Hall–Kier alpha value is -3.21. The molecule has 0 fully saturated rings. The van der Waals surface area contributed by atoms with Gasteiger partial charge < -0.3 is 22.9 Å². The van der Waals surface area contributed by atoms with Gasteiger partial charge in [-0.25, -0.2) is 0 Å². The minimum atomic E-state index is 0.505. The number of benzene rings is 2. The number of hydrogen-bond acceptors (Lipinski definition) is 5. The Bertz CT molecular complexity index is 772. The molecule has 110 valence electrons. The third-order valence-electron chi connectivity index (χ3n) is 3.63. The lowest BCUT2D eigenvalue weighted by atomic mass is 9.96. The summed E-state index contributed by atoms with van der Waals surface area (Å²) in [5, 5.41) is 0. The molecule has 1 aromatic heterocycles. The Labute approximate surface area is 128 Å². The van der Waals surface area contributed by atoms with Crippen molar-refractivity contribution >= 4 is 22.7 Å². The van der Waals surface area contributed by atoms with Crippen molar-refractivity contribution in [2.45, 2.75) is 0 Å². The van der Waals surface area contributed by atoms with Crippen LogP contribution in [0.5, 0.6) is 0 Å². The van der Waals surface area contributed by atoms with Crippen molar-refractivity contribution in [2.75, 3.05) is 22.9 Å². The molecule has 2 aromatic carbocycles. The molecule has 5 heteroatoms. The van der Waals surface area contributed by atoms with Crippen LogP contribution in [0.3, 0.4) is 0 Å². The molecule has 0 radical (unpaired) electrons. The summed E-state index contributed by atoms with van der Waals surface area (Å²) in [7, 11) is 0. The van der Waals surface area contributed by atoms with E-state index in [0.717, 1.165) is 22.4 Å². The van der Waals surface area contributed by atoms with Gasteiger partial charge >= 0.3 is 0 Å². The van der Waals surface area contributed by atoms with Crippen LogP contribution in [0.4, 0.5) is 22.7 Å². The largest absolute Gasteiger partial charge is 0.397 e. The number of aromatic nitrogens is 1. The summed E-state index contributed by atoms with van der Waals surface area (Å²) in [5.41, 5.74) is 29.3. The van der Waals surface area contributed by atoms with E-state index in [2.05, 4.69) is 4.98 Å². The van der Waals surface area contributed by atoms with E-state index >= 15 is 0 Å². The lowest BCUT2D eigenvalue weighted by molar-refractivity contribution is 1.33. The van der Waals surface area contributed by atoms with Crippen LogP contribution in [0.2, 0.25) is 0 Å². The number of anilines is 4. The van der Waals surface area contributed by atoms with Gasteiger partial charge in [0.25, 0.3) is 0 Å². The number of nitrogens with zero attached hydrogens (tertiary/aromatic N) is 1. The van der Waals surface area contributed by atoms with Crippen LogP contribution >= 0.6 is 0 Å². The van der Waals surface area contributed by atoms with Gasteiger partial charge in [-0.1, -0.05) is 30.3 Å². The van der Waals surface area contributed by atoms with Gasteiger partial charge in [-0.15, -0.1) is 0 Å². The molecule has 0 atom stereocenters. The molecule has 0 unspecified atom stereocenters. The molecule has 22 heavy (non-hydrogen) atoms. The number of para-hydroxylation sites is 2. The van der Waals surface area contributed by atoms with Crippen LogP contribution in [0.25, 0.3) is 22.4 Å². The van der Waals surface area contributed by atoms with E-state index in [0.29, 0.717) is 22.7 Å². The van der Waals surface area contributed by atoms with Crippen molar-refractivity contribution in [2.24, 2.45) is 0 Å². The Morgan fingerprint density at radius 1 is 0.591 bits per heavy atom. The molecule has 8 N–H and O–H groups in total. The number of rotatable bonds is 2. The van der Waals surface area contributed by atoms with Crippen LogP contribution in [0.1, 0.15) is 0 Å². The van der Waals surface area contributed by atoms with Gasteiger partial charge in [0.1, 0.15) is 0 Å². The second kappa shape index (κ2) is 5.29.